The molecule has 0 saturated carbocycles. The van der Waals surface area contributed by atoms with Gasteiger partial charge in [0.15, 0.2) is 11.6 Å². The summed E-state index contributed by atoms with van der Waals surface area (Å²) in [6.45, 7) is 3.14. The Morgan fingerprint density at radius 3 is 2.70 bits per heavy atom. The first-order valence-corrected chi connectivity index (χ1v) is 9.96. The van der Waals surface area contributed by atoms with Gasteiger partial charge in [0.1, 0.15) is 16.8 Å². The van der Waals surface area contributed by atoms with E-state index in [0.29, 0.717) is 47.3 Å². The van der Waals surface area contributed by atoms with Crippen LogP contribution < -0.4 is 20.5 Å². The lowest BCUT2D eigenvalue weighted by Gasteiger charge is -2.28. The minimum atomic E-state index is -1.32. The molecule has 1 aromatic carbocycles. The molecule has 0 amide bonds. The van der Waals surface area contributed by atoms with E-state index in [2.05, 4.69) is 15.0 Å². The first-order valence-electron chi connectivity index (χ1n) is 8.64. The number of nitrogen functional groups attached to an aromatic ring is 1. The van der Waals surface area contributed by atoms with Crippen molar-refractivity contribution in [2.45, 2.75) is 19.4 Å². The van der Waals surface area contributed by atoms with Crippen molar-refractivity contribution in [2.75, 3.05) is 41.8 Å². The van der Waals surface area contributed by atoms with E-state index in [9.17, 15) is 8.60 Å². The lowest BCUT2D eigenvalue weighted by atomic mass is 10.1. The number of aromatic nitrogens is 1. The van der Waals surface area contributed by atoms with E-state index >= 15 is 0 Å². The number of halogens is 1. The molecule has 9 heteroatoms. The van der Waals surface area contributed by atoms with E-state index in [4.69, 9.17) is 15.2 Å². The van der Waals surface area contributed by atoms with Crippen LogP contribution in [-0.2, 0) is 15.7 Å². The van der Waals surface area contributed by atoms with E-state index in [1.54, 1.807) is 12.3 Å². The van der Waals surface area contributed by atoms with Crippen molar-refractivity contribution in [3.05, 3.63) is 30.2 Å². The summed E-state index contributed by atoms with van der Waals surface area (Å²) in [7, 11) is 0.0506. The maximum atomic E-state index is 14.5. The Labute approximate surface area is 160 Å². The largest absolute Gasteiger partial charge is 0.492 e. The first-order chi connectivity index (χ1) is 13.0. The fourth-order valence-electron chi connectivity index (χ4n) is 2.69. The zero-order chi connectivity index (χ0) is 19.4. The van der Waals surface area contributed by atoms with Gasteiger partial charge in [-0.3, -0.25) is 0 Å². The number of methoxy groups -OCH3 is 1. The molecule has 1 atom stereocenters. The molecule has 1 aromatic heterocycles. The Morgan fingerprint density at radius 2 is 2.07 bits per heavy atom. The number of hydrogen-bond donors (Lipinski definition) is 3. The topological polar surface area (TPSA) is 98.5 Å². The van der Waals surface area contributed by atoms with Gasteiger partial charge in [0.05, 0.1) is 37.7 Å². The minimum absolute atomic E-state index is 0.0246. The molecule has 3 rings (SSSR count). The summed E-state index contributed by atoms with van der Waals surface area (Å²) in [6.07, 6.45) is 2.32. The maximum Gasteiger partial charge on any atom is 0.178 e. The highest BCUT2D eigenvalue weighted by molar-refractivity contribution is 7.86. The van der Waals surface area contributed by atoms with E-state index < -0.39 is 16.8 Å². The molecular formula is C18H23FN4O3S. The number of benzene rings is 1. The van der Waals surface area contributed by atoms with Gasteiger partial charge in [-0.15, -0.1) is 0 Å². The van der Waals surface area contributed by atoms with Crippen molar-refractivity contribution < 1.29 is 18.1 Å². The van der Waals surface area contributed by atoms with Crippen LogP contribution >= 0.6 is 0 Å². The van der Waals surface area contributed by atoms with E-state index in [-0.39, 0.29) is 11.8 Å². The Morgan fingerprint density at radius 1 is 1.33 bits per heavy atom. The Balaban J connectivity index is 1.94. The zero-order valence-electron chi connectivity index (χ0n) is 15.3. The quantitative estimate of drug-likeness (QED) is 0.637. The summed E-state index contributed by atoms with van der Waals surface area (Å²) in [4.78, 5) is 4.20. The smallest absolute Gasteiger partial charge is 0.178 e. The van der Waals surface area contributed by atoms with Gasteiger partial charge in [-0.05, 0) is 30.2 Å². The molecule has 1 unspecified atom stereocenters. The van der Waals surface area contributed by atoms with Crippen LogP contribution in [0.5, 0.6) is 5.75 Å². The fraction of sp³-hybridized carbons (Fsp3) is 0.389. The molecule has 0 aliphatic carbocycles. The van der Waals surface area contributed by atoms with Crippen LogP contribution in [0.15, 0.2) is 24.4 Å². The average molecular weight is 394 g/mol. The second-order valence-corrected chi connectivity index (χ2v) is 7.53. The van der Waals surface area contributed by atoms with Gasteiger partial charge < -0.3 is 25.2 Å². The molecule has 2 heterocycles. The summed E-state index contributed by atoms with van der Waals surface area (Å²) < 4.78 is 39.7. The van der Waals surface area contributed by atoms with Crippen LogP contribution in [0.25, 0.3) is 11.1 Å². The van der Waals surface area contributed by atoms with Crippen molar-refractivity contribution in [2.24, 2.45) is 0 Å². The van der Waals surface area contributed by atoms with Gasteiger partial charge in [0.25, 0.3) is 0 Å². The third-order valence-electron chi connectivity index (χ3n) is 4.11. The number of anilines is 3. The highest BCUT2D eigenvalue weighted by Gasteiger charge is 2.20. The normalized spacial score (nSPS) is 15.1. The standard InChI is InChI=1S/C18H23FN4O3S/c1-3-4-27(24)23-15-6-11(5-14(19)17(15)25-2)12-7-16(18(20)21-8-12)22-13-9-26-10-13/h5-8,13,22-23H,3-4,9-10H2,1-2H3,(H2,20,21). The van der Waals surface area contributed by atoms with Crippen molar-refractivity contribution >= 4 is 28.2 Å². The second-order valence-electron chi connectivity index (χ2n) is 6.23. The zero-order valence-corrected chi connectivity index (χ0v) is 16.1. The molecule has 1 saturated heterocycles. The first kappa shape index (κ1) is 19.4. The van der Waals surface area contributed by atoms with Crippen LogP contribution in [-0.4, -0.2) is 41.3 Å². The number of nitrogens with one attached hydrogen (secondary N) is 2. The second kappa shape index (κ2) is 8.53. The number of nitrogens with zero attached hydrogens (tertiary/aromatic N) is 1. The predicted molar refractivity (Wildman–Crippen MR) is 106 cm³/mol. The lowest BCUT2D eigenvalue weighted by Crippen LogP contribution is -2.40. The number of pyridine rings is 1. The molecule has 7 nitrogen and oxygen atoms in total. The summed E-state index contributed by atoms with van der Waals surface area (Å²) in [5.41, 5.74) is 8.19. The van der Waals surface area contributed by atoms with Crippen LogP contribution in [0.2, 0.25) is 0 Å². The van der Waals surface area contributed by atoms with Crippen molar-refractivity contribution in [3.8, 4) is 16.9 Å². The molecule has 1 aliphatic rings. The van der Waals surface area contributed by atoms with Crippen molar-refractivity contribution in [1.29, 1.82) is 0 Å². The summed E-state index contributed by atoms with van der Waals surface area (Å²) in [5.74, 6) is 0.291. The summed E-state index contributed by atoms with van der Waals surface area (Å²) in [5, 5.41) is 3.26. The fourth-order valence-corrected chi connectivity index (χ4v) is 3.56. The Bertz CT molecular complexity index is 846. The number of ether oxygens (including phenoxy) is 2. The van der Waals surface area contributed by atoms with Crippen molar-refractivity contribution in [1.82, 2.24) is 4.98 Å². The van der Waals surface area contributed by atoms with Crippen LogP contribution in [0.4, 0.5) is 21.6 Å². The van der Waals surface area contributed by atoms with E-state index in [0.717, 1.165) is 6.42 Å². The maximum absolute atomic E-state index is 14.5. The molecule has 4 N–H and O–H groups in total. The van der Waals surface area contributed by atoms with Crippen molar-refractivity contribution in [3.63, 3.8) is 0 Å². The van der Waals surface area contributed by atoms with Crippen LogP contribution in [0.3, 0.4) is 0 Å². The van der Waals surface area contributed by atoms with Gasteiger partial charge in [-0.1, -0.05) is 6.92 Å². The minimum Gasteiger partial charge on any atom is -0.492 e. The van der Waals surface area contributed by atoms with Gasteiger partial charge in [-0.2, -0.15) is 0 Å². The Kier molecular flexibility index (Phi) is 6.12. The third-order valence-corrected chi connectivity index (χ3v) is 5.34. The molecule has 1 fully saturated rings. The molecule has 1 aliphatic heterocycles. The summed E-state index contributed by atoms with van der Waals surface area (Å²) in [6, 6.07) is 5.05. The lowest BCUT2D eigenvalue weighted by molar-refractivity contribution is 0.0211. The third kappa shape index (κ3) is 4.48. The molecule has 0 spiro atoms. The molecule has 0 radical (unpaired) electrons. The van der Waals surface area contributed by atoms with Gasteiger partial charge in [0.2, 0.25) is 0 Å². The number of hydrogen-bond acceptors (Lipinski definition) is 6. The predicted octanol–water partition coefficient (Wildman–Crippen LogP) is 2.77. The van der Waals surface area contributed by atoms with Gasteiger partial charge in [0, 0.05) is 17.5 Å². The number of nitrogens with two attached hydrogens (primary N) is 1. The molecular weight excluding hydrogens is 371 g/mol. The van der Waals surface area contributed by atoms with Crippen LogP contribution in [0, 0.1) is 5.82 Å². The molecule has 146 valence electrons. The summed E-state index contributed by atoms with van der Waals surface area (Å²) >= 11 is 0. The monoisotopic (exact) mass is 394 g/mol. The Hall–Kier alpha value is -2.39. The van der Waals surface area contributed by atoms with Crippen LogP contribution in [0.1, 0.15) is 13.3 Å². The number of rotatable bonds is 8. The van der Waals surface area contributed by atoms with Gasteiger partial charge in [-0.25, -0.2) is 13.6 Å². The SMILES string of the molecule is CCCS(=O)Nc1cc(-c2cnc(N)c(NC3COC3)c2)cc(F)c1OC. The highest BCUT2D eigenvalue weighted by Crippen LogP contribution is 2.35. The molecule has 27 heavy (non-hydrogen) atoms. The van der Waals surface area contributed by atoms with E-state index in [1.165, 1.54) is 13.2 Å². The molecule has 2 aromatic rings. The van der Waals surface area contributed by atoms with E-state index in [1.807, 2.05) is 13.0 Å². The average Bonchev–Trinajstić information content (AvgIpc) is 2.59. The molecule has 0 bridgehead atoms. The van der Waals surface area contributed by atoms with Gasteiger partial charge >= 0.3 is 0 Å². The highest BCUT2D eigenvalue weighted by atomic mass is 32.2.